The van der Waals surface area contributed by atoms with Gasteiger partial charge >= 0.3 is 6.18 Å². The third kappa shape index (κ3) is 4.44. The van der Waals surface area contributed by atoms with Crippen molar-refractivity contribution in [3.05, 3.63) is 82.9 Å². The van der Waals surface area contributed by atoms with E-state index < -0.39 is 11.7 Å². The maximum Gasteiger partial charge on any atom is 0.416 e. The fourth-order valence-corrected chi connectivity index (χ4v) is 6.15. The van der Waals surface area contributed by atoms with Crippen LogP contribution >= 0.6 is 12.2 Å². The van der Waals surface area contributed by atoms with E-state index in [0.717, 1.165) is 46.7 Å². The molecule has 0 bridgehead atoms. The van der Waals surface area contributed by atoms with Crippen LogP contribution in [0.25, 0.3) is 5.69 Å². The van der Waals surface area contributed by atoms with Gasteiger partial charge in [0.15, 0.2) is 5.11 Å². The molecule has 1 aliphatic carbocycles. The van der Waals surface area contributed by atoms with Gasteiger partial charge in [0.05, 0.1) is 23.3 Å². The molecule has 0 amide bonds. The fraction of sp³-hybridized carbons (Fsp3) is 0.407. The number of thiocarbonyl (C=S) groups is 1. The topological polar surface area (TPSA) is 33.1 Å². The predicted molar refractivity (Wildman–Crippen MR) is 134 cm³/mol. The molecule has 35 heavy (non-hydrogen) atoms. The molecular formula is C27H29F3N4S. The molecule has 0 unspecified atom stereocenters. The van der Waals surface area contributed by atoms with Crippen LogP contribution in [-0.4, -0.2) is 25.6 Å². The number of aryl methyl sites for hydroxylation is 1. The molecule has 3 aromatic rings. The van der Waals surface area contributed by atoms with E-state index in [-0.39, 0.29) is 12.1 Å². The molecule has 0 radical (unpaired) electrons. The average molecular weight is 499 g/mol. The molecule has 1 saturated carbocycles. The molecule has 5 rings (SSSR count). The predicted octanol–water partition coefficient (Wildman–Crippen LogP) is 6.81. The minimum absolute atomic E-state index is 0.0914. The Morgan fingerprint density at radius 3 is 2.46 bits per heavy atom. The Kier molecular flexibility index (Phi) is 6.34. The Balaban J connectivity index is 1.62. The summed E-state index contributed by atoms with van der Waals surface area (Å²) in [6.07, 6.45) is 3.15. The molecule has 2 fully saturated rings. The van der Waals surface area contributed by atoms with Crippen LogP contribution in [0.4, 0.5) is 13.2 Å². The molecule has 1 aliphatic heterocycles. The van der Waals surface area contributed by atoms with E-state index in [2.05, 4.69) is 21.3 Å². The van der Waals surface area contributed by atoms with Gasteiger partial charge in [-0.05, 0) is 80.9 Å². The largest absolute Gasteiger partial charge is 0.416 e. The minimum Gasteiger partial charge on any atom is -0.352 e. The summed E-state index contributed by atoms with van der Waals surface area (Å²) in [5, 5.41) is 4.25. The van der Waals surface area contributed by atoms with Crippen LogP contribution < -0.4 is 5.32 Å². The summed E-state index contributed by atoms with van der Waals surface area (Å²) in [5.41, 5.74) is 3.63. The highest BCUT2D eigenvalue weighted by molar-refractivity contribution is 7.80. The summed E-state index contributed by atoms with van der Waals surface area (Å²) >= 11 is 5.87. The first-order chi connectivity index (χ1) is 16.8. The quantitative estimate of drug-likeness (QED) is 0.401. The highest BCUT2D eigenvalue weighted by Gasteiger charge is 2.44. The Morgan fingerprint density at radius 2 is 1.77 bits per heavy atom. The number of benzene rings is 1. The van der Waals surface area contributed by atoms with Gasteiger partial charge in [0, 0.05) is 29.3 Å². The second-order valence-corrected chi connectivity index (χ2v) is 9.92. The van der Waals surface area contributed by atoms with Gasteiger partial charge in [-0.3, -0.25) is 4.98 Å². The molecule has 3 heterocycles. The van der Waals surface area contributed by atoms with Crippen molar-refractivity contribution < 1.29 is 13.2 Å². The van der Waals surface area contributed by atoms with Gasteiger partial charge in [-0.2, -0.15) is 13.2 Å². The van der Waals surface area contributed by atoms with E-state index >= 15 is 0 Å². The average Bonchev–Trinajstić information content (AvgIpc) is 3.34. The maximum atomic E-state index is 13.4. The third-order valence-electron chi connectivity index (χ3n) is 7.32. The number of nitrogens with zero attached hydrogens (tertiary/aromatic N) is 3. The molecule has 0 spiro atoms. The lowest BCUT2D eigenvalue weighted by molar-refractivity contribution is -0.137. The summed E-state index contributed by atoms with van der Waals surface area (Å²) in [7, 11) is 0. The van der Waals surface area contributed by atoms with E-state index in [1.807, 2.05) is 36.6 Å². The first-order valence-electron chi connectivity index (χ1n) is 12.1. The standard InChI is InChI=1S/C27H29F3N4S/c1-17-15-22(18(2)33(17)21-12-8-9-19(16-21)27(28,29)30)25-24(23-13-6-7-14-31-23)32-26(35)34(25)20-10-4-3-5-11-20/h6-9,12-16,20,24-25H,3-5,10-11H2,1-2H3,(H,32,35)/t24-,25+/m1/s1. The Labute approximate surface area is 209 Å². The van der Waals surface area contributed by atoms with Crippen LogP contribution in [0.5, 0.6) is 0 Å². The lowest BCUT2D eigenvalue weighted by atomic mass is 9.90. The van der Waals surface area contributed by atoms with Crippen LogP contribution in [0, 0.1) is 13.8 Å². The highest BCUT2D eigenvalue weighted by atomic mass is 32.1. The molecule has 8 heteroatoms. The number of hydrogen-bond donors (Lipinski definition) is 1. The minimum atomic E-state index is -4.39. The third-order valence-corrected chi connectivity index (χ3v) is 7.65. The zero-order valence-electron chi connectivity index (χ0n) is 19.8. The maximum absolute atomic E-state index is 13.4. The van der Waals surface area contributed by atoms with E-state index in [4.69, 9.17) is 12.2 Å². The van der Waals surface area contributed by atoms with Gasteiger partial charge < -0.3 is 14.8 Å². The van der Waals surface area contributed by atoms with Gasteiger partial charge in [-0.15, -0.1) is 0 Å². The van der Waals surface area contributed by atoms with Gasteiger partial charge in [-0.1, -0.05) is 31.4 Å². The Morgan fingerprint density at radius 1 is 1.00 bits per heavy atom. The normalized spacial score (nSPS) is 21.4. The van der Waals surface area contributed by atoms with Crippen LogP contribution in [0.3, 0.4) is 0 Å². The molecule has 2 aromatic heterocycles. The van der Waals surface area contributed by atoms with Crippen LogP contribution in [0.1, 0.15) is 72.4 Å². The summed E-state index contributed by atoms with van der Waals surface area (Å²) in [6, 6.07) is 13.6. The van der Waals surface area contributed by atoms with Crippen molar-refractivity contribution in [1.82, 2.24) is 19.8 Å². The number of rotatable bonds is 4. The molecule has 1 saturated heterocycles. The molecule has 2 aliphatic rings. The monoisotopic (exact) mass is 498 g/mol. The smallest absolute Gasteiger partial charge is 0.352 e. The second kappa shape index (κ2) is 9.30. The molecule has 184 valence electrons. The van der Waals surface area contributed by atoms with Crippen LogP contribution in [0.15, 0.2) is 54.7 Å². The molecular weight excluding hydrogens is 469 g/mol. The van der Waals surface area contributed by atoms with E-state index in [1.165, 1.54) is 31.4 Å². The summed E-state index contributed by atoms with van der Waals surface area (Å²) in [6.45, 7) is 3.93. The van der Waals surface area contributed by atoms with Crippen molar-refractivity contribution in [1.29, 1.82) is 0 Å². The number of nitrogens with one attached hydrogen (secondary N) is 1. The summed E-state index contributed by atoms with van der Waals surface area (Å²) < 4.78 is 42.2. The van der Waals surface area contributed by atoms with Crippen molar-refractivity contribution >= 4 is 17.3 Å². The van der Waals surface area contributed by atoms with Crippen molar-refractivity contribution in [2.45, 2.75) is 70.3 Å². The number of halogens is 3. The number of pyridine rings is 1. The lowest BCUT2D eigenvalue weighted by Crippen LogP contribution is -2.40. The first kappa shape index (κ1) is 23.9. The first-order valence-corrected chi connectivity index (χ1v) is 12.5. The van der Waals surface area contributed by atoms with E-state index in [0.29, 0.717) is 11.7 Å². The van der Waals surface area contributed by atoms with Crippen LogP contribution in [0.2, 0.25) is 0 Å². The van der Waals surface area contributed by atoms with Crippen molar-refractivity contribution in [3.63, 3.8) is 0 Å². The van der Waals surface area contributed by atoms with Gasteiger partial charge in [0.2, 0.25) is 0 Å². The highest BCUT2D eigenvalue weighted by Crippen LogP contribution is 2.44. The van der Waals surface area contributed by atoms with Gasteiger partial charge in [0.25, 0.3) is 0 Å². The van der Waals surface area contributed by atoms with Crippen molar-refractivity contribution in [3.8, 4) is 5.69 Å². The van der Waals surface area contributed by atoms with Gasteiger partial charge in [0.1, 0.15) is 0 Å². The van der Waals surface area contributed by atoms with Crippen molar-refractivity contribution in [2.24, 2.45) is 0 Å². The second-order valence-electron chi connectivity index (χ2n) is 9.54. The van der Waals surface area contributed by atoms with Crippen molar-refractivity contribution in [2.75, 3.05) is 0 Å². The molecule has 4 nitrogen and oxygen atoms in total. The van der Waals surface area contributed by atoms with E-state index in [9.17, 15) is 13.2 Å². The number of alkyl halides is 3. The zero-order valence-corrected chi connectivity index (χ0v) is 20.7. The SMILES string of the molecule is Cc1cc([C@H]2[C@@H](c3ccccn3)NC(=S)N2C2CCCCC2)c(C)n1-c1cccc(C(F)(F)F)c1. The Hall–Kier alpha value is -2.87. The number of aromatic nitrogens is 2. The summed E-state index contributed by atoms with van der Waals surface area (Å²) in [4.78, 5) is 6.96. The lowest BCUT2D eigenvalue weighted by Gasteiger charge is -2.37. The zero-order chi connectivity index (χ0) is 24.7. The molecule has 1 N–H and O–H groups in total. The fourth-order valence-electron chi connectivity index (χ4n) is 5.76. The Bertz CT molecular complexity index is 1210. The van der Waals surface area contributed by atoms with Crippen LogP contribution in [-0.2, 0) is 6.18 Å². The van der Waals surface area contributed by atoms with E-state index in [1.54, 1.807) is 12.3 Å². The number of hydrogen-bond acceptors (Lipinski definition) is 2. The summed E-state index contributed by atoms with van der Waals surface area (Å²) in [5.74, 6) is 0. The van der Waals surface area contributed by atoms with Gasteiger partial charge in [-0.25, -0.2) is 0 Å². The molecule has 1 aromatic carbocycles. The molecule has 2 atom stereocenters.